The van der Waals surface area contributed by atoms with Crippen LogP contribution in [0.25, 0.3) is 0 Å². The Kier molecular flexibility index (Phi) is 4.11. The van der Waals surface area contributed by atoms with Crippen LogP contribution in [-0.4, -0.2) is 21.6 Å². The van der Waals surface area contributed by atoms with Gasteiger partial charge in [-0.2, -0.15) is 8.78 Å². The lowest BCUT2D eigenvalue weighted by Gasteiger charge is -2.12. The Bertz CT molecular complexity index is 409. The number of nitrogens with one attached hydrogen (secondary N) is 1. The van der Waals surface area contributed by atoms with Crippen LogP contribution in [0.1, 0.15) is 38.1 Å². The Morgan fingerprint density at radius 2 is 2.28 bits per heavy atom. The highest BCUT2D eigenvalue weighted by Gasteiger charge is 2.15. The van der Waals surface area contributed by atoms with E-state index in [1.165, 1.54) is 25.2 Å². The van der Waals surface area contributed by atoms with Gasteiger partial charge in [0.25, 0.3) is 0 Å². The number of hydrogen-bond acceptors (Lipinski definition) is 2. The standard InChI is InChI=1S/C11H17F2N5/c12-10(13)18-6-5-15-9(18)7-16-11(14)17-8-3-1-2-4-8/h5-6,8,10H,1-4,7H2,(H3,14,16,17). The zero-order valence-electron chi connectivity index (χ0n) is 10.0. The molecule has 1 aromatic heterocycles. The summed E-state index contributed by atoms with van der Waals surface area (Å²) in [6, 6.07) is 0.364. The van der Waals surface area contributed by atoms with Gasteiger partial charge in [-0.3, -0.25) is 4.57 Å². The molecule has 3 N–H and O–H groups in total. The summed E-state index contributed by atoms with van der Waals surface area (Å²) in [5.74, 6) is 0.506. The normalized spacial score (nSPS) is 17.6. The molecular formula is C11H17F2N5. The van der Waals surface area contributed by atoms with Crippen LogP contribution < -0.4 is 11.1 Å². The monoisotopic (exact) mass is 257 g/mol. The highest BCUT2D eigenvalue weighted by Crippen LogP contribution is 2.17. The van der Waals surface area contributed by atoms with Crippen LogP contribution in [0.15, 0.2) is 17.4 Å². The van der Waals surface area contributed by atoms with Crippen LogP contribution in [0, 0.1) is 0 Å². The third kappa shape index (κ3) is 3.18. The predicted molar refractivity (Wildman–Crippen MR) is 64.2 cm³/mol. The van der Waals surface area contributed by atoms with E-state index in [0.29, 0.717) is 12.0 Å². The Morgan fingerprint density at radius 3 is 2.94 bits per heavy atom. The lowest BCUT2D eigenvalue weighted by atomic mass is 10.2. The Hall–Kier alpha value is -1.66. The molecule has 2 rings (SSSR count). The number of aliphatic imine (C=N–C) groups is 1. The first kappa shape index (κ1) is 12.8. The number of alkyl halides is 2. The van der Waals surface area contributed by atoms with Gasteiger partial charge in [0.2, 0.25) is 0 Å². The second-order valence-electron chi connectivity index (χ2n) is 4.36. The number of aromatic nitrogens is 2. The van der Waals surface area contributed by atoms with Crippen molar-refractivity contribution in [1.29, 1.82) is 0 Å². The van der Waals surface area contributed by atoms with Crippen LogP contribution in [0.4, 0.5) is 8.78 Å². The van der Waals surface area contributed by atoms with Gasteiger partial charge >= 0.3 is 6.55 Å². The maximum atomic E-state index is 12.5. The second-order valence-corrected chi connectivity index (χ2v) is 4.36. The van der Waals surface area contributed by atoms with E-state index in [1.807, 2.05) is 0 Å². The summed E-state index contributed by atoms with van der Waals surface area (Å²) >= 11 is 0. The molecule has 0 atom stereocenters. The highest BCUT2D eigenvalue weighted by molar-refractivity contribution is 5.78. The van der Waals surface area contributed by atoms with Crippen LogP contribution in [0.3, 0.4) is 0 Å². The summed E-state index contributed by atoms with van der Waals surface area (Å²) in [4.78, 5) is 7.87. The van der Waals surface area contributed by atoms with Crippen LogP contribution in [0.5, 0.6) is 0 Å². The number of guanidine groups is 1. The number of hydrogen-bond donors (Lipinski definition) is 2. The van der Waals surface area contributed by atoms with Crippen LogP contribution in [0.2, 0.25) is 0 Å². The minimum Gasteiger partial charge on any atom is -0.370 e. The van der Waals surface area contributed by atoms with E-state index in [2.05, 4.69) is 15.3 Å². The van der Waals surface area contributed by atoms with Gasteiger partial charge in [0.1, 0.15) is 12.4 Å². The molecule has 1 heterocycles. The molecule has 1 aliphatic rings. The van der Waals surface area contributed by atoms with Gasteiger partial charge < -0.3 is 11.1 Å². The first-order valence-electron chi connectivity index (χ1n) is 6.03. The molecule has 5 nitrogen and oxygen atoms in total. The van der Waals surface area contributed by atoms with Crippen LogP contribution >= 0.6 is 0 Å². The fraction of sp³-hybridized carbons (Fsp3) is 0.636. The fourth-order valence-electron chi connectivity index (χ4n) is 2.12. The third-order valence-corrected chi connectivity index (χ3v) is 3.06. The molecule has 0 saturated heterocycles. The molecule has 1 saturated carbocycles. The maximum Gasteiger partial charge on any atom is 0.319 e. The van der Waals surface area contributed by atoms with Crippen molar-refractivity contribution < 1.29 is 8.78 Å². The molecule has 1 aromatic rings. The van der Waals surface area contributed by atoms with Gasteiger partial charge in [-0.1, -0.05) is 12.8 Å². The van der Waals surface area contributed by atoms with Crippen molar-refractivity contribution in [3.63, 3.8) is 0 Å². The van der Waals surface area contributed by atoms with Crippen LogP contribution in [-0.2, 0) is 6.54 Å². The summed E-state index contributed by atoms with van der Waals surface area (Å²) in [5, 5.41) is 3.09. The molecule has 7 heteroatoms. The summed E-state index contributed by atoms with van der Waals surface area (Å²) in [5.41, 5.74) is 5.71. The average Bonchev–Trinajstić information content (AvgIpc) is 2.96. The number of nitrogens with two attached hydrogens (primary N) is 1. The van der Waals surface area contributed by atoms with E-state index >= 15 is 0 Å². The Balaban J connectivity index is 1.90. The van der Waals surface area contributed by atoms with E-state index in [9.17, 15) is 8.78 Å². The quantitative estimate of drug-likeness (QED) is 0.636. The SMILES string of the molecule is NC(=NCc1nccn1C(F)F)NC1CCCC1. The molecule has 0 spiro atoms. The third-order valence-electron chi connectivity index (χ3n) is 3.06. The minimum atomic E-state index is -2.60. The minimum absolute atomic E-state index is 0.0584. The summed E-state index contributed by atoms with van der Waals surface area (Å²) in [6.07, 6.45) is 7.12. The molecule has 1 fully saturated rings. The summed E-state index contributed by atoms with van der Waals surface area (Å²) < 4.78 is 25.9. The highest BCUT2D eigenvalue weighted by atomic mass is 19.3. The van der Waals surface area contributed by atoms with E-state index in [-0.39, 0.29) is 12.4 Å². The molecule has 100 valence electrons. The number of imidazole rings is 1. The molecule has 0 amide bonds. The first-order valence-corrected chi connectivity index (χ1v) is 6.03. The van der Waals surface area contributed by atoms with E-state index in [4.69, 9.17) is 5.73 Å². The van der Waals surface area contributed by atoms with Crippen molar-refractivity contribution in [2.24, 2.45) is 10.7 Å². The molecule has 0 aliphatic heterocycles. The second kappa shape index (κ2) is 5.79. The van der Waals surface area contributed by atoms with Gasteiger partial charge in [-0.05, 0) is 12.8 Å². The van der Waals surface area contributed by atoms with E-state index in [0.717, 1.165) is 17.4 Å². The topological polar surface area (TPSA) is 68.2 Å². The molecule has 0 radical (unpaired) electrons. The number of rotatable bonds is 4. The van der Waals surface area contributed by atoms with Crippen molar-refractivity contribution in [3.05, 3.63) is 18.2 Å². The number of nitrogens with zero attached hydrogens (tertiary/aromatic N) is 3. The van der Waals surface area contributed by atoms with Gasteiger partial charge in [0.15, 0.2) is 5.96 Å². The van der Waals surface area contributed by atoms with Crippen molar-refractivity contribution in [2.45, 2.75) is 44.8 Å². The van der Waals surface area contributed by atoms with Crippen molar-refractivity contribution in [1.82, 2.24) is 14.9 Å². The molecule has 0 bridgehead atoms. The van der Waals surface area contributed by atoms with Crippen molar-refractivity contribution in [2.75, 3.05) is 0 Å². The van der Waals surface area contributed by atoms with E-state index in [1.54, 1.807) is 0 Å². The molecule has 1 aliphatic carbocycles. The molecular weight excluding hydrogens is 240 g/mol. The lowest BCUT2D eigenvalue weighted by Crippen LogP contribution is -2.38. The lowest BCUT2D eigenvalue weighted by molar-refractivity contribution is 0.0671. The molecule has 18 heavy (non-hydrogen) atoms. The summed E-state index contributed by atoms with van der Waals surface area (Å²) in [7, 11) is 0. The Morgan fingerprint density at radius 1 is 1.56 bits per heavy atom. The largest absolute Gasteiger partial charge is 0.370 e. The fourth-order valence-corrected chi connectivity index (χ4v) is 2.12. The van der Waals surface area contributed by atoms with E-state index < -0.39 is 6.55 Å². The predicted octanol–water partition coefficient (Wildman–Crippen LogP) is 1.63. The van der Waals surface area contributed by atoms with Gasteiger partial charge in [-0.25, -0.2) is 9.98 Å². The van der Waals surface area contributed by atoms with Crippen molar-refractivity contribution in [3.8, 4) is 0 Å². The smallest absolute Gasteiger partial charge is 0.319 e. The number of halogens is 2. The molecule has 0 unspecified atom stereocenters. The zero-order chi connectivity index (χ0) is 13.0. The van der Waals surface area contributed by atoms with Gasteiger partial charge in [0.05, 0.1) is 0 Å². The molecule has 0 aromatic carbocycles. The van der Waals surface area contributed by atoms with Gasteiger partial charge in [-0.15, -0.1) is 0 Å². The Labute approximate surface area is 104 Å². The maximum absolute atomic E-state index is 12.5. The zero-order valence-corrected chi connectivity index (χ0v) is 10.0. The van der Waals surface area contributed by atoms with Crippen molar-refractivity contribution >= 4 is 5.96 Å². The first-order chi connectivity index (χ1) is 8.66. The summed E-state index contributed by atoms with van der Waals surface area (Å²) in [6.45, 7) is -2.54. The average molecular weight is 257 g/mol. The van der Waals surface area contributed by atoms with Gasteiger partial charge in [0, 0.05) is 18.4 Å².